The van der Waals surface area contributed by atoms with Crippen LogP contribution in [0.2, 0.25) is 5.02 Å². The Kier molecular flexibility index (Phi) is 7.26. The number of hydrogen-bond acceptors (Lipinski definition) is 3. The van der Waals surface area contributed by atoms with Crippen LogP contribution in [0, 0.1) is 5.92 Å². The van der Waals surface area contributed by atoms with Crippen molar-refractivity contribution in [1.29, 1.82) is 0 Å². The molecule has 2 aromatic rings. The number of pyridine rings is 1. The second kappa shape index (κ2) is 9.88. The maximum atomic E-state index is 13.1. The number of nitrogens with one attached hydrogen (secondary N) is 1. The first-order valence-corrected chi connectivity index (χ1v) is 10.5. The van der Waals surface area contributed by atoms with E-state index in [9.17, 15) is 9.59 Å². The molecule has 1 aromatic heterocycles. The highest BCUT2D eigenvalue weighted by molar-refractivity contribution is 6.30. The maximum absolute atomic E-state index is 13.1. The van der Waals surface area contributed by atoms with Gasteiger partial charge in [0, 0.05) is 30.5 Å². The molecule has 6 heteroatoms. The molecule has 0 spiro atoms. The van der Waals surface area contributed by atoms with Crippen LogP contribution in [-0.2, 0) is 16.0 Å². The molecule has 1 fully saturated rings. The van der Waals surface area contributed by atoms with Gasteiger partial charge >= 0.3 is 0 Å². The number of rotatable bonds is 6. The van der Waals surface area contributed by atoms with Crippen LogP contribution in [0.1, 0.15) is 43.7 Å². The van der Waals surface area contributed by atoms with E-state index in [0.29, 0.717) is 19.0 Å². The molecule has 1 atom stereocenters. The summed E-state index contributed by atoms with van der Waals surface area (Å²) in [6, 6.07) is 11.1. The fourth-order valence-corrected chi connectivity index (χ4v) is 3.92. The van der Waals surface area contributed by atoms with Crippen molar-refractivity contribution >= 4 is 23.4 Å². The minimum absolute atomic E-state index is 0.00842. The van der Waals surface area contributed by atoms with Crippen molar-refractivity contribution in [2.45, 2.75) is 45.1 Å². The van der Waals surface area contributed by atoms with Gasteiger partial charge in [-0.05, 0) is 54.0 Å². The molecule has 154 valence electrons. The zero-order chi connectivity index (χ0) is 20.8. The van der Waals surface area contributed by atoms with Gasteiger partial charge in [-0.3, -0.25) is 14.6 Å². The van der Waals surface area contributed by atoms with E-state index >= 15 is 0 Å². The molecule has 0 saturated carbocycles. The van der Waals surface area contributed by atoms with Gasteiger partial charge in [0.1, 0.15) is 6.04 Å². The standard InChI is InChI=1S/C23H28ClN3O2/c1-16(2)22(26-21(28)14-17-4-3-11-25-15-17)23(29)27-12-9-19(10-13-27)18-5-7-20(24)8-6-18/h3-8,11,15-16,19,22H,9-10,12-14H2,1-2H3,(H,26,28)/t22-/m1/s1. The molecule has 1 N–H and O–H groups in total. The third kappa shape index (κ3) is 5.80. The zero-order valence-electron chi connectivity index (χ0n) is 17.0. The lowest BCUT2D eigenvalue weighted by Gasteiger charge is -2.35. The fourth-order valence-electron chi connectivity index (χ4n) is 3.79. The van der Waals surface area contributed by atoms with Crippen molar-refractivity contribution < 1.29 is 9.59 Å². The van der Waals surface area contributed by atoms with Gasteiger partial charge in [0.05, 0.1) is 6.42 Å². The van der Waals surface area contributed by atoms with E-state index in [1.807, 2.05) is 36.9 Å². The Morgan fingerprint density at radius 3 is 2.45 bits per heavy atom. The van der Waals surface area contributed by atoms with Gasteiger partial charge in [-0.15, -0.1) is 0 Å². The lowest BCUT2D eigenvalue weighted by molar-refractivity contribution is -0.138. The lowest BCUT2D eigenvalue weighted by atomic mass is 9.89. The van der Waals surface area contributed by atoms with E-state index in [2.05, 4.69) is 22.4 Å². The van der Waals surface area contributed by atoms with Crippen molar-refractivity contribution in [3.8, 4) is 0 Å². The summed E-state index contributed by atoms with van der Waals surface area (Å²) in [4.78, 5) is 31.5. The van der Waals surface area contributed by atoms with Crippen molar-refractivity contribution in [1.82, 2.24) is 15.2 Å². The average molecular weight is 414 g/mol. The van der Waals surface area contributed by atoms with E-state index in [-0.39, 0.29) is 24.2 Å². The summed E-state index contributed by atoms with van der Waals surface area (Å²) >= 11 is 5.98. The van der Waals surface area contributed by atoms with Gasteiger partial charge < -0.3 is 10.2 Å². The van der Waals surface area contributed by atoms with Crippen LogP contribution >= 0.6 is 11.6 Å². The van der Waals surface area contributed by atoms with Gasteiger partial charge in [0.2, 0.25) is 11.8 Å². The van der Waals surface area contributed by atoms with E-state index < -0.39 is 6.04 Å². The fraction of sp³-hybridized carbons (Fsp3) is 0.435. The highest BCUT2D eigenvalue weighted by Crippen LogP contribution is 2.29. The summed E-state index contributed by atoms with van der Waals surface area (Å²) in [5, 5.41) is 3.68. The lowest BCUT2D eigenvalue weighted by Crippen LogP contribution is -2.53. The molecule has 1 saturated heterocycles. The second-order valence-corrected chi connectivity index (χ2v) is 8.41. The van der Waals surface area contributed by atoms with E-state index in [0.717, 1.165) is 23.4 Å². The van der Waals surface area contributed by atoms with E-state index in [4.69, 9.17) is 11.6 Å². The Balaban J connectivity index is 1.56. The molecule has 1 aliphatic heterocycles. The van der Waals surface area contributed by atoms with Gasteiger partial charge in [-0.2, -0.15) is 0 Å². The number of carbonyl (C=O) groups is 2. The van der Waals surface area contributed by atoms with Gasteiger partial charge in [0.25, 0.3) is 0 Å². The molecular formula is C23H28ClN3O2. The van der Waals surface area contributed by atoms with Crippen LogP contribution in [0.25, 0.3) is 0 Å². The molecule has 3 rings (SSSR count). The van der Waals surface area contributed by atoms with Crippen molar-refractivity contribution in [2.75, 3.05) is 13.1 Å². The molecule has 1 aromatic carbocycles. The monoisotopic (exact) mass is 413 g/mol. The number of hydrogen-bond donors (Lipinski definition) is 1. The Hall–Kier alpha value is -2.40. The van der Waals surface area contributed by atoms with Crippen LogP contribution in [0.4, 0.5) is 0 Å². The summed E-state index contributed by atoms with van der Waals surface area (Å²) in [6.07, 6.45) is 5.41. The maximum Gasteiger partial charge on any atom is 0.245 e. The minimum atomic E-state index is -0.508. The van der Waals surface area contributed by atoms with Crippen LogP contribution in [0.3, 0.4) is 0 Å². The Bertz CT molecular complexity index is 816. The number of piperidine rings is 1. The topological polar surface area (TPSA) is 62.3 Å². The second-order valence-electron chi connectivity index (χ2n) is 7.98. The number of carbonyl (C=O) groups excluding carboxylic acids is 2. The summed E-state index contributed by atoms with van der Waals surface area (Å²) in [5.41, 5.74) is 2.11. The average Bonchev–Trinajstić information content (AvgIpc) is 2.73. The minimum Gasteiger partial charge on any atom is -0.344 e. The molecular weight excluding hydrogens is 386 g/mol. The number of likely N-dealkylation sites (tertiary alicyclic amines) is 1. The van der Waals surface area contributed by atoms with Crippen LogP contribution < -0.4 is 5.32 Å². The number of nitrogens with zero attached hydrogens (tertiary/aromatic N) is 2. The molecule has 29 heavy (non-hydrogen) atoms. The molecule has 0 radical (unpaired) electrons. The van der Waals surface area contributed by atoms with Crippen molar-refractivity contribution in [3.05, 3.63) is 64.9 Å². The number of amides is 2. The van der Waals surface area contributed by atoms with Gasteiger partial charge in [-0.25, -0.2) is 0 Å². The highest BCUT2D eigenvalue weighted by atomic mass is 35.5. The third-order valence-corrected chi connectivity index (χ3v) is 5.74. The SMILES string of the molecule is CC(C)[C@@H](NC(=O)Cc1cccnc1)C(=O)N1CCC(c2ccc(Cl)cc2)CC1. The van der Waals surface area contributed by atoms with Gasteiger partial charge in [-0.1, -0.05) is 43.6 Å². The number of aromatic nitrogens is 1. The van der Waals surface area contributed by atoms with Crippen molar-refractivity contribution in [3.63, 3.8) is 0 Å². The normalized spacial score (nSPS) is 15.9. The molecule has 0 unspecified atom stereocenters. The first-order chi connectivity index (χ1) is 13.9. The molecule has 0 aliphatic carbocycles. The zero-order valence-corrected chi connectivity index (χ0v) is 17.7. The molecule has 1 aliphatic rings. The number of benzene rings is 1. The molecule has 2 heterocycles. The quantitative estimate of drug-likeness (QED) is 0.782. The molecule has 5 nitrogen and oxygen atoms in total. The largest absolute Gasteiger partial charge is 0.344 e. The summed E-state index contributed by atoms with van der Waals surface area (Å²) < 4.78 is 0. The van der Waals surface area contributed by atoms with E-state index in [1.165, 1.54) is 5.56 Å². The van der Waals surface area contributed by atoms with Crippen LogP contribution in [0.5, 0.6) is 0 Å². The van der Waals surface area contributed by atoms with Gasteiger partial charge in [0.15, 0.2) is 0 Å². The Morgan fingerprint density at radius 2 is 1.86 bits per heavy atom. The molecule has 2 amide bonds. The smallest absolute Gasteiger partial charge is 0.245 e. The first-order valence-electron chi connectivity index (χ1n) is 10.2. The summed E-state index contributed by atoms with van der Waals surface area (Å²) in [7, 11) is 0. The van der Waals surface area contributed by atoms with Crippen LogP contribution in [-0.4, -0.2) is 40.8 Å². The molecule has 0 bridgehead atoms. The van der Waals surface area contributed by atoms with E-state index in [1.54, 1.807) is 18.5 Å². The van der Waals surface area contributed by atoms with Crippen molar-refractivity contribution in [2.24, 2.45) is 5.92 Å². The first kappa shape index (κ1) is 21.3. The Morgan fingerprint density at radius 1 is 1.17 bits per heavy atom. The summed E-state index contributed by atoms with van der Waals surface area (Å²) in [6.45, 7) is 5.34. The number of halogens is 1. The summed E-state index contributed by atoms with van der Waals surface area (Å²) in [5.74, 6) is 0.318. The van der Waals surface area contributed by atoms with Crippen LogP contribution in [0.15, 0.2) is 48.8 Å². The predicted molar refractivity (Wildman–Crippen MR) is 115 cm³/mol. The highest BCUT2D eigenvalue weighted by Gasteiger charge is 2.31. The predicted octanol–water partition coefficient (Wildman–Crippen LogP) is 3.82. The third-order valence-electron chi connectivity index (χ3n) is 5.48. The Labute approximate surface area is 177 Å².